The Morgan fingerprint density at radius 2 is 2.16 bits per heavy atom. The van der Waals surface area contributed by atoms with E-state index in [2.05, 4.69) is 12.2 Å². The third-order valence-corrected chi connectivity index (χ3v) is 2.92. The number of rotatable bonds is 5. The van der Waals surface area contributed by atoms with E-state index in [1.165, 1.54) is 0 Å². The van der Waals surface area contributed by atoms with Crippen LogP contribution < -0.4 is 5.32 Å². The molecule has 3 nitrogen and oxygen atoms in total. The number of unbranched alkanes of at least 4 members (excludes halogenated alkanes) is 1. The van der Waals surface area contributed by atoms with E-state index >= 15 is 0 Å². The van der Waals surface area contributed by atoms with Gasteiger partial charge in [-0.15, -0.1) is 0 Å². The number of aryl methyl sites for hydroxylation is 2. The highest BCUT2D eigenvalue weighted by molar-refractivity contribution is 6.01. The molecule has 1 aromatic carbocycles. The summed E-state index contributed by atoms with van der Waals surface area (Å²) in [5.74, 6) is -0.295. The zero-order chi connectivity index (χ0) is 14.3. The smallest absolute Gasteiger partial charge is 0.261 e. The molecular weight excluding hydrogens is 236 g/mol. The van der Waals surface area contributed by atoms with Crippen LogP contribution in [0.5, 0.6) is 0 Å². The Labute approximate surface area is 114 Å². The van der Waals surface area contributed by atoms with Gasteiger partial charge in [-0.25, -0.2) is 0 Å². The number of benzene rings is 1. The van der Waals surface area contributed by atoms with E-state index in [1.54, 1.807) is 6.08 Å². The van der Waals surface area contributed by atoms with Crippen molar-refractivity contribution < 1.29 is 4.79 Å². The molecule has 0 atom stereocenters. The van der Waals surface area contributed by atoms with Gasteiger partial charge in [-0.2, -0.15) is 5.26 Å². The maximum absolute atomic E-state index is 11.8. The van der Waals surface area contributed by atoms with Gasteiger partial charge in [-0.3, -0.25) is 4.79 Å². The van der Waals surface area contributed by atoms with Gasteiger partial charge in [0.25, 0.3) is 5.91 Å². The van der Waals surface area contributed by atoms with Crippen LogP contribution >= 0.6 is 0 Å². The van der Waals surface area contributed by atoms with Crippen LogP contribution in [0.15, 0.2) is 23.8 Å². The van der Waals surface area contributed by atoms with Crippen LogP contribution in [0.3, 0.4) is 0 Å². The minimum absolute atomic E-state index is 0.157. The predicted octanol–water partition coefficient (Wildman–Crippen LogP) is 3.13. The Balaban J connectivity index is 2.90. The minimum atomic E-state index is -0.295. The van der Waals surface area contributed by atoms with Gasteiger partial charge in [0.2, 0.25) is 0 Å². The Morgan fingerprint density at radius 3 is 2.79 bits per heavy atom. The van der Waals surface area contributed by atoms with Crippen molar-refractivity contribution in [3.63, 3.8) is 0 Å². The molecule has 0 aliphatic carbocycles. The molecule has 0 aromatic heterocycles. The second kappa shape index (κ2) is 7.38. The first-order chi connectivity index (χ1) is 9.08. The lowest BCUT2D eigenvalue weighted by Gasteiger charge is -2.05. The van der Waals surface area contributed by atoms with Gasteiger partial charge in [0, 0.05) is 6.54 Å². The highest BCUT2D eigenvalue weighted by atomic mass is 16.1. The molecule has 0 saturated carbocycles. The van der Waals surface area contributed by atoms with Gasteiger partial charge in [0.1, 0.15) is 11.6 Å². The third kappa shape index (κ3) is 4.59. The highest BCUT2D eigenvalue weighted by Gasteiger charge is 2.08. The van der Waals surface area contributed by atoms with Crippen LogP contribution in [-0.2, 0) is 4.79 Å². The summed E-state index contributed by atoms with van der Waals surface area (Å²) in [5, 5.41) is 11.9. The van der Waals surface area contributed by atoms with E-state index in [-0.39, 0.29) is 11.5 Å². The Hall–Kier alpha value is -2.08. The van der Waals surface area contributed by atoms with Crippen LogP contribution in [-0.4, -0.2) is 12.5 Å². The van der Waals surface area contributed by atoms with Crippen LogP contribution in [0, 0.1) is 25.2 Å². The van der Waals surface area contributed by atoms with E-state index < -0.39 is 0 Å². The second-order valence-electron chi connectivity index (χ2n) is 4.64. The lowest BCUT2D eigenvalue weighted by molar-refractivity contribution is -0.117. The van der Waals surface area contributed by atoms with E-state index in [0.29, 0.717) is 6.54 Å². The summed E-state index contributed by atoms with van der Waals surface area (Å²) in [7, 11) is 0. The van der Waals surface area contributed by atoms with E-state index in [1.807, 2.05) is 38.1 Å². The molecule has 0 saturated heterocycles. The van der Waals surface area contributed by atoms with Crippen molar-refractivity contribution in [2.75, 3.05) is 6.54 Å². The summed E-state index contributed by atoms with van der Waals surface area (Å²) in [6.07, 6.45) is 3.60. The molecule has 1 rings (SSSR count). The van der Waals surface area contributed by atoms with Gasteiger partial charge in [-0.1, -0.05) is 37.1 Å². The normalized spacial score (nSPS) is 10.9. The van der Waals surface area contributed by atoms with Gasteiger partial charge >= 0.3 is 0 Å². The molecule has 0 spiro atoms. The molecule has 3 heteroatoms. The Bertz CT molecular complexity index is 524. The maximum atomic E-state index is 11.8. The van der Waals surface area contributed by atoms with E-state index in [9.17, 15) is 4.79 Å². The van der Waals surface area contributed by atoms with Crippen molar-refractivity contribution in [1.29, 1.82) is 5.26 Å². The van der Waals surface area contributed by atoms with E-state index in [4.69, 9.17) is 5.26 Å². The minimum Gasteiger partial charge on any atom is -0.351 e. The maximum Gasteiger partial charge on any atom is 0.261 e. The average Bonchev–Trinajstić information content (AvgIpc) is 2.39. The number of hydrogen-bond acceptors (Lipinski definition) is 2. The number of hydrogen-bond donors (Lipinski definition) is 1. The van der Waals surface area contributed by atoms with Crippen LogP contribution in [0.2, 0.25) is 0 Å². The number of carbonyl (C=O) groups excluding carboxylic acids is 1. The molecule has 0 fully saturated rings. The number of amides is 1. The molecule has 0 radical (unpaired) electrons. The number of nitriles is 1. The molecule has 1 N–H and O–H groups in total. The first kappa shape index (κ1) is 15.0. The van der Waals surface area contributed by atoms with Gasteiger partial charge in [0.15, 0.2) is 0 Å². The van der Waals surface area contributed by atoms with Crippen LogP contribution in [0.1, 0.15) is 36.5 Å². The topological polar surface area (TPSA) is 52.9 Å². The molecule has 0 aliphatic heterocycles. The molecule has 1 aromatic rings. The van der Waals surface area contributed by atoms with Crippen molar-refractivity contribution in [2.24, 2.45) is 0 Å². The standard InChI is InChI=1S/C16H20N2O/c1-4-5-8-18-16(19)15(11-17)10-14-9-12(2)6-7-13(14)3/h6-7,9-10H,4-5,8H2,1-3H3,(H,18,19)/b15-10+. The van der Waals surface area contributed by atoms with Gasteiger partial charge in [-0.05, 0) is 37.5 Å². The lowest BCUT2D eigenvalue weighted by Crippen LogP contribution is -2.25. The van der Waals surface area contributed by atoms with E-state index in [0.717, 1.165) is 29.5 Å². The van der Waals surface area contributed by atoms with Crippen molar-refractivity contribution in [3.05, 3.63) is 40.5 Å². The number of nitrogens with one attached hydrogen (secondary N) is 1. The lowest BCUT2D eigenvalue weighted by atomic mass is 10.0. The largest absolute Gasteiger partial charge is 0.351 e. The zero-order valence-electron chi connectivity index (χ0n) is 11.8. The number of nitrogens with zero attached hydrogens (tertiary/aromatic N) is 1. The van der Waals surface area contributed by atoms with Crippen LogP contribution in [0.25, 0.3) is 6.08 Å². The molecule has 0 aliphatic rings. The Morgan fingerprint density at radius 1 is 1.42 bits per heavy atom. The fraction of sp³-hybridized carbons (Fsp3) is 0.375. The van der Waals surface area contributed by atoms with Crippen molar-refractivity contribution in [1.82, 2.24) is 5.32 Å². The SMILES string of the molecule is CCCCNC(=O)/C(C#N)=C/c1cc(C)ccc1C. The molecule has 0 heterocycles. The van der Waals surface area contributed by atoms with Gasteiger partial charge < -0.3 is 5.32 Å². The first-order valence-electron chi connectivity index (χ1n) is 6.55. The third-order valence-electron chi connectivity index (χ3n) is 2.92. The highest BCUT2D eigenvalue weighted by Crippen LogP contribution is 2.14. The molecule has 0 unspecified atom stereocenters. The zero-order valence-corrected chi connectivity index (χ0v) is 11.8. The fourth-order valence-corrected chi connectivity index (χ4v) is 1.69. The number of carbonyl (C=O) groups is 1. The molecule has 1 amide bonds. The quantitative estimate of drug-likeness (QED) is 0.500. The summed E-state index contributed by atoms with van der Waals surface area (Å²) >= 11 is 0. The predicted molar refractivity (Wildman–Crippen MR) is 77.4 cm³/mol. The fourth-order valence-electron chi connectivity index (χ4n) is 1.69. The summed E-state index contributed by atoms with van der Waals surface area (Å²) < 4.78 is 0. The summed E-state index contributed by atoms with van der Waals surface area (Å²) in [4.78, 5) is 11.8. The van der Waals surface area contributed by atoms with Crippen LogP contribution in [0.4, 0.5) is 0 Å². The molecule has 19 heavy (non-hydrogen) atoms. The average molecular weight is 256 g/mol. The summed E-state index contributed by atoms with van der Waals surface area (Å²) in [5.41, 5.74) is 3.24. The molecule has 100 valence electrons. The monoisotopic (exact) mass is 256 g/mol. The first-order valence-corrected chi connectivity index (χ1v) is 6.55. The molecule has 0 bridgehead atoms. The molecular formula is C16H20N2O. The van der Waals surface area contributed by atoms with Gasteiger partial charge in [0.05, 0.1) is 0 Å². The summed E-state index contributed by atoms with van der Waals surface area (Å²) in [6, 6.07) is 7.96. The van der Waals surface area contributed by atoms with Crippen molar-refractivity contribution in [2.45, 2.75) is 33.6 Å². The van der Waals surface area contributed by atoms with Crippen molar-refractivity contribution in [3.8, 4) is 6.07 Å². The second-order valence-corrected chi connectivity index (χ2v) is 4.64. The summed E-state index contributed by atoms with van der Waals surface area (Å²) in [6.45, 7) is 6.63. The van der Waals surface area contributed by atoms with Crippen molar-refractivity contribution >= 4 is 12.0 Å². The Kier molecular flexibility index (Phi) is 5.81.